The lowest BCUT2D eigenvalue weighted by atomic mass is 9.99. The molecule has 0 aromatic heterocycles. The van der Waals surface area contributed by atoms with Gasteiger partial charge < -0.3 is 10.6 Å². The number of benzene rings is 3. The number of hydrogen-bond acceptors (Lipinski definition) is 3. The Morgan fingerprint density at radius 3 is 2.19 bits per heavy atom. The molecule has 3 rings (SSSR count). The van der Waals surface area contributed by atoms with Crippen LogP contribution in [0.3, 0.4) is 0 Å². The van der Waals surface area contributed by atoms with Crippen LogP contribution < -0.4 is 10.6 Å². The van der Waals surface area contributed by atoms with Crippen molar-refractivity contribution in [2.24, 2.45) is 11.8 Å². The van der Waals surface area contributed by atoms with Gasteiger partial charge in [0.05, 0.1) is 0 Å². The van der Waals surface area contributed by atoms with Crippen LogP contribution in [0.1, 0.15) is 46.5 Å². The zero-order valence-electron chi connectivity index (χ0n) is 19.2. The topological polar surface area (TPSA) is 58.2 Å². The lowest BCUT2D eigenvalue weighted by molar-refractivity contribution is -0.129. The summed E-state index contributed by atoms with van der Waals surface area (Å²) >= 11 is 4.35. The fraction of sp³-hybridized carbons (Fsp3) is 0.407. The highest BCUT2D eigenvalue weighted by molar-refractivity contribution is 7.80. The van der Waals surface area contributed by atoms with Gasteiger partial charge in [0.2, 0.25) is 11.8 Å². The van der Waals surface area contributed by atoms with E-state index in [1.165, 1.54) is 10.8 Å². The predicted octanol–water partition coefficient (Wildman–Crippen LogP) is 6.20. The Balaban J connectivity index is 1.76. The van der Waals surface area contributed by atoms with Crippen LogP contribution in [0.15, 0.2) is 54.6 Å². The number of thiol groups is 1. The molecule has 2 N–H and O–H groups in total. The molecule has 0 saturated carbocycles. The fourth-order valence-corrected chi connectivity index (χ4v) is 4.34. The van der Waals surface area contributed by atoms with Crippen molar-refractivity contribution in [1.29, 1.82) is 0 Å². The van der Waals surface area contributed by atoms with E-state index in [1.807, 2.05) is 30.3 Å². The molecule has 3 aromatic rings. The number of nitrogens with one attached hydrogen (secondary N) is 2. The second-order valence-electron chi connectivity index (χ2n) is 8.96. The van der Waals surface area contributed by atoms with Crippen LogP contribution in [0.4, 0.5) is 5.69 Å². The summed E-state index contributed by atoms with van der Waals surface area (Å²) in [4.78, 5) is 25.9. The van der Waals surface area contributed by atoms with Gasteiger partial charge in [-0.25, -0.2) is 0 Å². The van der Waals surface area contributed by atoms with Gasteiger partial charge in [0.1, 0.15) is 6.04 Å². The molecule has 0 bridgehead atoms. The second-order valence-corrected chi connectivity index (χ2v) is 9.33. The highest BCUT2D eigenvalue weighted by atomic mass is 32.1. The van der Waals surface area contributed by atoms with Gasteiger partial charge in [-0.2, -0.15) is 12.6 Å². The van der Waals surface area contributed by atoms with Gasteiger partial charge in [0, 0.05) is 17.4 Å². The van der Waals surface area contributed by atoms with Crippen LogP contribution in [0.5, 0.6) is 0 Å². The van der Waals surface area contributed by atoms with E-state index >= 15 is 0 Å². The third-order valence-electron chi connectivity index (χ3n) is 5.81. The number of hydrogen-bond donors (Lipinski definition) is 3. The Morgan fingerprint density at radius 2 is 1.56 bits per heavy atom. The Morgan fingerprint density at radius 1 is 0.906 bits per heavy atom. The SMILES string of the molecule is CCCC[C@@H](CS)C(=O)N[C@@H](CC(C)C)C(=O)Nc1ccc2cc3ccccc3cc2c1. The van der Waals surface area contributed by atoms with Crippen molar-refractivity contribution in [2.45, 2.75) is 52.5 Å². The molecule has 0 radical (unpaired) electrons. The minimum atomic E-state index is -0.571. The van der Waals surface area contributed by atoms with Crippen molar-refractivity contribution in [1.82, 2.24) is 5.32 Å². The van der Waals surface area contributed by atoms with Crippen molar-refractivity contribution >= 4 is 51.7 Å². The average molecular weight is 451 g/mol. The molecule has 0 aliphatic carbocycles. The monoisotopic (exact) mass is 450 g/mol. The lowest BCUT2D eigenvalue weighted by Gasteiger charge is -2.23. The first kappa shape index (κ1) is 24.1. The maximum atomic E-state index is 13.1. The number of carbonyl (C=O) groups excluding carboxylic acids is 2. The zero-order valence-corrected chi connectivity index (χ0v) is 20.1. The van der Waals surface area contributed by atoms with Gasteiger partial charge in [-0.3, -0.25) is 9.59 Å². The summed E-state index contributed by atoms with van der Waals surface area (Å²) in [6.07, 6.45) is 3.39. The Hall–Kier alpha value is -2.53. The van der Waals surface area contributed by atoms with Crippen LogP contribution in [-0.2, 0) is 9.59 Å². The van der Waals surface area contributed by atoms with Gasteiger partial charge >= 0.3 is 0 Å². The highest BCUT2D eigenvalue weighted by Gasteiger charge is 2.25. The highest BCUT2D eigenvalue weighted by Crippen LogP contribution is 2.25. The zero-order chi connectivity index (χ0) is 23.1. The van der Waals surface area contributed by atoms with E-state index in [1.54, 1.807) is 0 Å². The third kappa shape index (κ3) is 6.26. The average Bonchev–Trinajstić information content (AvgIpc) is 2.77. The van der Waals surface area contributed by atoms with Crippen molar-refractivity contribution < 1.29 is 9.59 Å². The van der Waals surface area contributed by atoms with Crippen LogP contribution in [-0.4, -0.2) is 23.6 Å². The summed E-state index contributed by atoms with van der Waals surface area (Å²) in [6.45, 7) is 6.22. The standard InChI is InChI=1S/C27H34N2O2S/c1-4-5-8-22(17-32)26(30)29-25(13-18(2)3)27(31)28-24-12-11-21-14-19-9-6-7-10-20(19)15-23(21)16-24/h6-7,9-12,14-16,18,22,25,32H,4-5,8,13,17H2,1-3H3,(H,28,31)(H,29,30)/t22-,25-/m0/s1. The second kappa shape index (κ2) is 11.4. The minimum Gasteiger partial charge on any atom is -0.344 e. The Bertz CT molecular complexity index is 1080. The fourth-order valence-electron chi connectivity index (χ4n) is 4.00. The number of rotatable bonds is 10. The first-order valence-electron chi connectivity index (χ1n) is 11.6. The van der Waals surface area contributed by atoms with Gasteiger partial charge in [0.15, 0.2) is 0 Å². The van der Waals surface area contributed by atoms with E-state index in [2.05, 4.69) is 68.3 Å². The maximum Gasteiger partial charge on any atom is 0.246 e. The number of carbonyl (C=O) groups is 2. The third-order valence-corrected chi connectivity index (χ3v) is 6.25. The van der Waals surface area contributed by atoms with E-state index < -0.39 is 6.04 Å². The van der Waals surface area contributed by atoms with E-state index in [0.717, 1.165) is 35.7 Å². The Kier molecular flexibility index (Phi) is 8.57. The molecule has 0 spiro atoms. The molecule has 0 fully saturated rings. The molecule has 3 aromatic carbocycles. The van der Waals surface area contributed by atoms with E-state index in [-0.39, 0.29) is 23.7 Å². The predicted molar refractivity (Wildman–Crippen MR) is 138 cm³/mol. The van der Waals surface area contributed by atoms with Crippen molar-refractivity contribution in [3.63, 3.8) is 0 Å². The van der Waals surface area contributed by atoms with E-state index in [0.29, 0.717) is 12.2 Å². The molecule has 2 atom stereocenters. The Labute approximate surface area is 196 Å². The van der Waals surface area contributed by atoms with Crippen molar-refractivity contribution in [3.05, 3.63) is 54.6 Å². The van der Waals surface area contributed by atoms with Crippen LogP contribution >= 0.6 is 12.6 Å². The quantitative estimate of drug-likeness (QED) is 0.254. The van der Waals surface area contributed by atoms with Crippen LogP contribution in [0, 0.1) is 11.8 Å². The summed E-state index contributed by atoms with van der Waals surface area (Å²) in [5.41, 5.74) is 0.734. The lowest BCUT2D eigenvalue weighted by Crippen LogP contribution is -2.47. The summed E-state index contributed by atoms with van der Waals surface area (Å²) in [5.74, 6) is 0.328. The normalized spacial score (nSPS) is 13.3. The van der Waals surface area contributed by atoms with Gasteiger partial charge in [-0.1, -0.05) is 63.9 Å². The molecule has 5 heteroatoms. The largest absolute Gasteiger partial charge is 0.344 e. The first-order chi connectivity index (χ1) is 15.4. The minimum absolute atomic E-state index is 0.0840. The molecule has 0 aliphatic rings. The molecule has 0 saturated heterocycles. The number of unbranched alkanes of at least 4 members (excludes halogenated alkanes) is 1. The van der Waals surface area contributed by atoms with Crippen LogP contribution in [0.25, 0.3) is 21.5 Å². The molecule has 170 valence electrons. The summed E-state index contributed by atoms with van der Waals surface area (Å²) in [5, 5.41) is 10.6. The van der Waals surface area contributed by atoms with Crippen LogP contribution in [0.2, 0.25) is 0 Å². The van der Waals surface area contributed by atoms with Gasteiger partial charge in [-0.05, 0) is 64.6 Å². The van der Waals surface area contributed by atoms with E-state index in [4.69, 9.17) is 0 Å². The summed E-state index contributed by atoms with van der Waals surface area (Å²) in [7, 11) is 0. The first-order valence-corrected chi connectivity index (χ1v) is 12.2. The van der Waals surface area contributed by atoms with E-state index in [9.17, 15) is 9.59 Å². The molecule has 0 unspecified atom stereocenters. The smallest absolute Gasteiger partial charge is 0.246 e. The summed E-state index contributed by atoms with van der Waals surface area (Å²) in [6, 6.07) is 17.9. The van der Waals surface area contributed by atoms with Gasteiger partial charge in [-0.15, -0.1) is 0 Å². The molecular formula is C27H34N2O2S. The van der Waals surface area contributed by atoms with Crippen molar-refractivity contribution in [2.75, 3.05) is 11.1 Å². The maximum absolute atomic E-state index is 13.1. The summed E-state index contributed by atoms with van der Waals surface area (Å²) < 4.78 is 0. The molecular weight excluding hydrogens is 416 g/mol. The molecule has 32 heavy (non-hydrogen) atoms. The molecule has 0 aliphatic heterocycles. The molecule has 4 nitrogen and oxygen atoms in total. The number of anilines is 1. The van der Waals surface area contributed by atoms with Crippen molar-refractivity contribution in [3.8, 4) is 0 Å². The van der Waals surface area contributed by atoms with Gasteiger partial charge in [0.25, 0.3) is 0 Å². The number of fused-ring (bicyclic) bond motifs is 2. The molecule has 2 amide bonds. The number of amides is 2. The molecule has 0 heterocycles.